The molecule has 1 atom stereocenters. The van der Waals surface area contributed by atoms with Crippen LogP contribution in [0.4, 0.5) is 5.00 Å². The minimum absolute atomic E-state index is 0.0143. The van der Waals surface area contributed by atoms with E-state index in [-0.39, 0.29) is 23.5 Å². The summed E-state index contributed by atoms with van der Waals surface area (Å²) in [5.41, 5.74) is 1.66. The number of rotatable bonds is 4. The van der Waals surface area contributed by atoms with Gasteiger partial charge in [0.2, 0.25) is 0 Å². The maximum atomic E-state index is 13.3. The summed E-state index contributed by atoms with van der Waals surface area (Å²) < 4.78 is 7.13. The predicted octanol–water partition coefficient (Wildman–Crippen LogP) is 3.96. The summed E-state index contributed by atoms with van der Waals surface area (Å²) in [6.45, 7) is 3.19. The molecule has 1 N–H and O–H groups in total. The number of fused-ring (bicyclic) bond motifs is 1. The van der Waals surface area contributed by atoms with Crippen molar-refractivity contribution in [3.8, 4) is 0 Å². The Labute approximate surface area is 182 Å². The molecule has 158 valence electrons. The number of pyridine rings is 1. The number of nitrogens with zero attached hydrogens (tertiary/aromatic N) is 4. The second-order valence-corrected chi connectivity index (χ2v) is 8.68. The molecule has 5 heterocycles. The highest BCUT2D eigenvalue weighted by molar-refractivity contribution is 7.18. The topological polar surface area (TPSA) is 92.7 Å². The van der Waals surface area contributed by atoms with Gasteiger partial charge >= 0.3 is 0 Å². The Kier molecular flexibility index (Phi) is 5.03. The summed E-state index contributed by atoms with van der Waals surface area (Å²) in [5.74, 6) is 0.913. The molecule has 9 heteroatoms. The number of aromatic nitrogens is 3. The first-order valence-corrected chi connectivity index (χ1v) is 11.0. The zero-order chi connectivity index (χ0) is 21.4. The molecule has 2 amide bonds. The summed E-state index contributed by atoms with van der Waals surface area (Å²) in [6, 6.07) is 10.9. The lowest BCUT2D eigenvalue weighted by Gasteiger charge is -2.31. The quantitative estimate of drug-likeness (QED) is 0.524. The lowest BCUT2D eigenvalue weighted by atomic mass is 9.97. The van der Waals surface area contributed by atoms with Crippen LogP contribution in [0, 0.1) is 6.92 Å². The average Bonchev–Trinajstić information content (AvgIpc) is 3.53. The Hall–Kier alpha value is -3.46. The van der Waals surface area contributed by atoms with Crippen molar-refractivity contribution in [2.24, 2.45) is 0 Å². The Balaban J connectivity index is 1.33. The Morgan fingerprint density at radius 3 is 2.97 bits per heavy atom. The highest BCUT2D eigenvalue weighted by Crippen LogP contribution is 2.31. The van der Waals surface area contributed by atoms with E-state index in [0.29, 0.717) is 23.0 Å². The molecule has 31 heavy (non-hydrogen) atoms. The molecule has 0 saturated carbocycles. The van der Waals surface area contributed by atoms with E-state index >= 15 is 0 Å². The Bertz CT molecular complexity index is 1240. The number of carbonyl (C=O) groups is 2. The molecule has 0 aliphatic carbocycles. The first-order chi connectivity index (χ1) is 15.1. The van der Waals surface area contributed by atoms with Gasteiger partial charge in [0.15, 0.2) is 11.4 Å². The fourth-order valence-electron chi connectivity index (χ4n) is 3.99. The van der Waals surface area contributed by atoms with Crippen LogP contribution in [0.15, 0.2) is 53.3 Å². The highest BCUT2D eigenvalue weighted by Gasteiger charge is 2.30. The van der Waals surface area contributed by atoms with E-state index in [1.54, 1.807) is 12.1 Å². The van der Waals surface area contributed by atoms with Gasteiger partial charge in [0.25, 0.3) is 11.8 Å². The third-order valence-electron chi connectivity index (χ3n) is 5.51. The molecule has 8 nitrogen and oxygen atoms in total. The molecule has 4 aromatic heterocycles. The van der Waals surface area contributed by atoms with Gasteiger partial charge in [0.1, 0.15) is 5.82 Å². The average molecular weight is 436 g/mol. The van der Waals surface area contributed by atoms with Crippen LogP contribution >= 0.6 is 11.3 Å². The van der Waals surface area contributed by atoms with Gasteiger partial charge in [0.05, 0.1) is 16.1 Å². The van der Waals surface area contributed by atoms with Gasteiger partial charge < -0.3 is 14.6 Å². The first-order valence-electron chi connectivity index (χ1n) is 10.1. The van der Waals surface area contributed by atoms with Crippen LogP contribution in [-0.2, 0) is 0 Å². The van der Waals surface area contributed by atoms with Crippen molar-refractivity contribution >= 4 is 33.8 Å². The molecule has 0 aromatic carbocycles. The van der Waals surface area contributed by atoms with Crippen LogP contribution < -0.4 is 5.32 Å². The van der Waals surface area contributed by atoms with E-state index in [4.69, 9.17) is 4.42 Å². The number of hydrogen-bond acceptors (Lipinski definition) is 6. The third kappa shape index (κ3) is 3.72. The smallest absolute Gasteiger partial charge is 0.291 e. The van der Waals surface area contributed by atoms with Crippen LogP contribution in [0.1, 0.15) is 50.4 Å². The predicted molar refractivity (Wildman–Crippen MR) is 117 cm³/mol. The van der Waals surface area contributed by atoms with Crippen LogP contribution in [0.5, 0.6) is 0 Å². The normalized spacial score (nSPS) is 16.5. The van der Waals surface area contributed by atoms with Crippen LogP contribution in [-0.4, -0.2) is 44.4 Å². The van der Waals surface area contributed by atoms with E-state index < -0.39 is 0 Å². The monoisotopic (exact) mass is 435 g/mol. The minimum atomic E-state index is -0.332. The second kappa shape index (κ2) is 7.99. The number of aryl methyl sites for hydroxylation is 1. The number of carbonyl (C=O) groups excluding carboxylic acids is 2. The lowest BCUT2D eigenvalue weighted by Crippen LogP contribution is -2.39. The number of nitrogens with one attached hydrogen (secondary N) is 1. The lowest BCUT2D eigenvalue weighted by molar-refractivity contribution is 0.0708. The van der Waals surface area contributed by atoms with Gasteiger partial charge in [-0.3, -0.25) is 14.0 Å². The summed E-state index contributed by atoms with van der Waals surface area (Å²) in [7, 11) is 0. The SMILES string of the molecule is Cc1cc(NC(=O)c2ccco2)sc1C(=O)N1CCCC(c2nnc3ccccn23)C1. The van der Waals surface area contributed by atoms with Gasteiger partial charge in [-0.25, -0.2) is 0 Å². The molecule has 1 aliphatic heterocycles. The Morgan fingerprint density at radius 1 is 1.23 bits per heavy atom. The molecule has 0 spiro atoms. The molecule has 4 aromatic rings. The van der Waals surface area contributed by atoms with Crippen LogP contribution in [0.25, 0.3) is 5.65 Å². The van der Waals surface area contributed by atoms with Crippen molar-refractivity contribution in [2.75, 3.05) is 18.4 Å². The Morgan fingerprint density at radius 2 is 2.13 bits per heavy atom. The number of anilines is 1. The molecule has 1 unspecified atom stereocenters. The van der Waals surface area contributed by atoms with Gasteiger partial charge in [-0.15, -0.1) is 21.5 Å². The van der Waals surface area contributed by atoms with Crippen molar-refractivity contribution in [3.05, 3.63) is 70.9 Å². The first kappa shape index (κ1) is 19.5. The third-order valence-corrected chi connectivity index (χ3v) is 6.65. The maximum Gasteiger partial charge on any atom is 0.291 e. The fraction of sp³-hybridized carbons (Fsp3) is 0.273. The number of amides is 2. The molecule has 0 radical (unpaired) electrons. The van der Waals surface area contributed by atoms with Gasteiger partial charge in [0, 0.05) is 25.2 Å². The number of hydrogen-bond donors (Lipinski definition) is 1. The van der Waals surface area contributed by atoms with Crippen molar-refractivity contribution in [1.82, 2.24) is 19.5 Å². The van der Waals surface area contributed by atoms with E-state index in [1.807, 2.05) is 46.7 Å². The molecule has 1 fully saturated rings. The summed E-state index contributed by atoms with van der Waals surface area (Å²) in [4.78, 5) is 28.1. The minimum Gasteiger partial charge on any atom is -0.459 e. The summed E-state index contributed by atoms with van der Waals surface area (Å²) in [5, 5.41) is 12.1. The number of likely N-dealkylation sites (tertiary alicyclic amines) is 1. The van der Waals surface area contributed by atoms with Crippen molar-refractivity contribution in [1.29, 1.82) is 0 Å². The largest absolute Gasteiger partial charge is 0.459 e. The van der Waals surface area contributed by atoms with Gasteiger partial charge in [-0.1, -0.05) is 6.07 Å². The van der Waals surface area contributed by atoms with Crippen molar-refractivity contribution in [2.45, 2.75) is 25.7 Å². The number of thiophene rings is 1. The molecular weight excluding hydrogens is 414 g/mol. The van der Waals surface area contributed by atoms with E-state index in [9.17, 15) is 9.59 Å². The highest BCUT2D eigenvalue weighted by atomic mass is 32.1. The molecule has 0 bridgehead atoms. The van der Waals surface area contributed by atoms with Crippen molar-refractivity contribution in [3.63, 3.8) is 0 Å². The van der Waals surface area contributed by atoms with Crippen LogP contribution in [0.3, 0.4) is 0 Å². The molecule has 1 aliphatic rings. The standard InChI is InChI=1S/C22H21N5O3S/c1-14-12-18(23-21(28)16-7-5-11-30-16)31-19(14)22(29)26-9-4-6-15(13-26)20-25-24-17-8-2-3-10-27(17)20/h2-3,5,7-8,10-12,15H,4,6,9,13H2,1H3,(H,23,28). The summed E-state index contributed by atoms with van der Waals surface area (Å²) >= 11 is 1.29. The van der Waals surface area contributed by atoms with Gasteiger partial charge in [-0.05, 0) is 55.7 Å². The maximum absolute atomic E-state index is 13.3. The zero-order valence-electron chi connectivity index (χ0n) is 16.9. The second-order valence-electron chi connectivity index (χ2n) is 7.63. The number of piperidine rings is 1. The number of furan rings is 1. The molecule has 1 saturated heterocycles. The zero-order valence-corrected chi connectivity index (χ0v) is 17.8. The molecular formula is C22H21N5O3S. The summed E-state index contributed by atoms with van der Waals surface area (Å²) in [6.07, 6.45) is 5.29. The van der Waals surface area contributed by atoms with Crippen molar-refractivity contribution < 1.29 is 14.0 Å². The van der Waals surface area contributed by atoms with E-state index in [2.05, 4.69) is 15.5 Å². The van der Waals surface area contributed by atoms with Crippen LogP contribution in [0.2, 0.25) is 0 Å². The molecule has 5 rings (SSSR count). The van der Waals surface area contributed by atoms with E-state index in [0.717, 1.165) is 29.9 Å². The fourth-order valence-corrected chi connectivity index (χ4v) is 5.03. The van der Waals surface area contributed by atoms with Gasteiger partial charge in [-0.2, -0.15) is 0 Å². The van der Waals surface area contributed by atoms with E-state index in [1.165, 1.54) is 17.6 Å².